The monoisotopic (exact) mass is 272 g/mol. The lowest BCUT2D eigenvalue weighted by Crippen LogP contribution is -2.23. The fraction of sp³-hybridized carbons (Fsp3) is 0.556. The van der Waals surface area contributed by atoms with Crippen LogP contribution in [-0.4, -0.2) is 9.52 Å². The van der Waals surface area contributed by atoms with Crippen LogP contribution in [0.5, 0.6) is 0 Å². The molecule has 19 heavy (non-hydrogen) atoms. The van der Waals surface area contributed by atoms with E-state index < -0.39 is 0 Å². The summed E-state index contributed by atoms with van der Waals surface area (Å²) >= 11 is 0. The highest BCUT2D eigenvalue weighted by Crippen LogP contribution is 2.45. The molecule has 0 spiro atoms. The van der Waals surface area contributed by atoms with Crippen LogP contribution in [0.1, 0.15) is 52.9 Å². The Kier molecular flexibility index (Phi) is 5.03. The van der Waals surface area contributed by atoms with Crippen LogP contribution in [-0.2, 0) is 0 Å². The second-order valence-corrected chi connectivity index (χ2v) is 9.04. The smallest absolute Gasteiger partial charge is 0.0450 e. The van der Waals surface area contributed by atoms with E-state index in [1.165, 1.54) is 37.7 Å². The minimum absolute atomic E-state index is 0.155. The largest absolute Gasteiger partial charge is 0.0840 e. The lowest BCUT2D eigenvalue weighted by molar-refractivity contribution is 0.552. The molecule has 0 saturated heterocycles. The van der Waals surface area contributed by atoms with Crippen LogP contribution in [0.4, 0.5) is 0 Å². The molecule has 0 aromatic heterocycles. The van der Waals surface area contributed by atoms with Crippen molar-refractivity contribution in [2.75, 3.05) is 0 Å². The van der Waals surface area contributed by atoms with Gasteiger partial charge in [0.15, 0.2) is 0 Å². The average Bonchev–Trinajstić information content (AvgIpc) is 2.72. The molecule has 0 saturated carbocycles. The van der Waals surface area contributed by atoms with Crippen molar-refractivity contribution in [2.24, 2.45) is 0 Å². The molecule has 0 aromatic carbocycles. The first kappa shape index (κ1) is 14.6. The number of unbranched alkanes of at least 4 members (excludes halogenated alkanes) is 2. The van der Waals surface area contributed by atoms with Gasteiger partial charge in [-0.05, 0) is 37.3 Å². The molecular weight excluding hydrogens is 244 g/mol. The van der Waals surface area contributed by atoms with Gasteiger partial charge in [0.2, 0.25) is 0 Å². The Balaban J connectivity index is 2.05. The summed E-state index contributed by atoms with van der Waals surface area (Å²) < 4.78 is 0. The van der Waals surface area contributed by atoms with Crippen molar-refractivity contribution in [3.8, 4) is 0 Å². The molecule has 2 aliphatic rings. The van der Waals surface area contributed by atoms with Gasteiger partial charge in [0.25, 0.3) is 0 Å². The van der Waals surface area contributed by atoms with E-state index >= 15 is 0 Å². The summed E-state index contributed by atoms with van der Waals surface area (Å²) in [5, 5.41) is 0.546. The molecule has 0 amide bonds. The van der Waals surface area contributed by atoms with Crippen molar-refractivity contribution in [1.29, 1.82) is 0 Å². The molecule has 0 nitrogen and oxygen atoms in total. The quantitative estimate of drug-likeness (QED) is 0.466. The van der Waals surface area contributed by atoms with E-state index in [2.05, 4.69) is 57.2 Å². The summed E-state index contributed by atoms with van der Waals surface area (Å²) in [7, 11) is -0.155. The van der Waals surface area contributed by atoms with E-state index in [0.717, 1.165) is 5.54 Å². The zero-order valence-corrected chi connectivity index (χ0v) is 14.2. The number of allylic oxidation sites excluding steroid dienone is 8. The Bertz CT molecular complexity index is 425. The van der Waals surface area contributed by atoms with E-state index in [-0.39, 0.29) is 9.52 Å². The van der Waals surface area contributed by atoms with Crippen LogP contribution >= 0.6 is 0 Å². The number of hydrogen-bond acceptors (Lipinski definition) is 0. The maximum atomic E-state index is 2.55. The Morgan fingerprint density at radius 3 is 2.68 bits per heavy atom. The SMILES string of the molecule is CCCCCC1([SiH2]C2C=CC(C)=C2C)C=CC=CC1. The van der Waals surface area contributed by atoms with E-state index in [9.17, 15) is 0 Å². The third-order valence-electron chi connectivity index (χ3n) is 4.88. The first-order chi connectivity index (χ1) is 9.17. The third kappa shape index (κ3) is 3.59. The van der Waals surface area contributed by atoms with Crippen molar-refractivity contribution < 1.29 is 0 Å². The Morgan fingerprint density at radius 1 is 1.26 bits per heavy atom. The van der Waals surface area contributed by atoms with Crippen molar-refractivity contribution >= 4 is 9.52 Å². The molecular formula is C18H28Si. The second kappa shape index (κ2) is 6.56. The van der Waals surface area contributed by atoms with Crippen LogP contribution in [0.25, 0.3) is 0 Å². The third-order valence-corrected chi connectivity index (χ3v) is 7.90. The fourth-order valence-corrected chi connectivity index (χ4v) is 6.20. The van der Waals surface area contributed by atoms with Gasteiger partial charge >= 0.3 is 0 Å². The van der Waals surface area contributed by atoms with Crippen molar-refractivity contribution in [1.82, 2.24) is 0 Å². The van der Waals surface area contributed by atoms with E-state index in [1.807, 2.05) is 0 Å². The highest BCUT2D eigenvalue weighted by molar-refractivity contribution is 6.45. The Hall–Kier alpha value is -0.823. The molecule has 0 aromatic rings. The molecule has 2 unspecified atom stereocenters. The molecule has 2 aliphatic carbocycles. The molecule has 0 bridgehead atoms. The van der Waals surface area contributed by atoms with E-state index in [4.69, 9.17) is 0 Å². The predicted molar refractivity (Wildman–Crippen MR) is 89.5 cm³/mol. The van der Waals surface area contributed by atoms with Gasteiger partial charge in [0, 0.05) is 9.52 Å². The highest BCUT2D eigenvalue weighted by atomic mass is 28.2. The summed E-state index contributed by atoms with van der Waals surface area (Å²) in [5.74, 6) is 0. The summed E-state index contributed by atoms with van der Waals surface area (Å²) in [6.45, 7) is 6.91. The topological polar surface area (TPSA) is 0 Å². The summed E-state index contributed by atoms with van der Waals surface area (Å²) in [6, 6.07) is 0. The van der Waals surface area contributed by atoms with E-state index in [0.29, 0.717) is 5.04 Å². The molecule has 1 heteroatoms. The Morgan fingerprint density at radius 2 is 2.11 bits per heavy atom. The van der Waals surface area contributed by atoms with Crippen LogP contribution in [0.15, 0.2) is 47.6 Å². The van der Waals surface area contributed by atoms with Gasteiger partial charge in [-0.2, -0.15) is 0 Å². The molecule has 0 aliphatic heterocycles. The van der Waals surface area contributed by atoms with Gasteiger partial charge in [0.1, 0.15) is 0 Å². The minimum Gasteiger partial charge on any atom is -0.0840 e. The van der Waals surface area contributed by atoms with Gasteiger partial charge in [-0.25, -0.2) is 0 Å². The highest BCUT2D eigenvalue weighted by Gasteiger charge is 2.31. The zero-order valence-electron chi connectivity index (χ0n) is 12.8. The van der Waals surface area contributed by atoms with Crippen LogP contribution < -0.4 is 0 Å². The molecule has 0 N–H and O–H groups in total. The van der Waals surface area contributed by atoms with Crippen LogP contribution in [0.3, 0.4) is 0 Å². The standard InChI is InChI=1S/C18H28Si/c1-4-5-7-12-18(13-8-6-9-14-18)19-17-11-10-15(2)16(17)3/h6,8-11,13,17H,4-5,7,12,14,19H2,1-3H3. The number of hydrogen-bond donors (Lipinski definition) is 0. The summed E-state index contributed by atoms with van der Waals surface area (Å²) in [6.07, 6.45) is 21.1. The van der Waals surface area contributed by atoms with Crippen molar-refractivity contribution in [3.63, 3.8) is 0 Å². The maximum Gasteiger partial charge on any atom is 0.0450 e. The van der Waals surface area contributed by atoms with Gasteiger partial charge in [0.05, 0.1) is 0 Å². The van der Waals surface area contributed by atoms with Gasteiger partial charge in [-0.1, -0.05) is 73.8 Å². The summed E-state index contributed by atoms with van der Waals surface area (Å²) in [4.78, 5) is 0. The first-order valence-corrected chi connectivity index (χ1v) is 9.39. The fourth-order valence-electron chi connectivity index (χ4n) is 3.36. The van der Waals surface area contributed by atoms with E-state index in [1.54, 1.807) is 5.57 Å². The maximum absolute atomic E-state index is 2.55. The molecule has 0 radical (unpaired) electrons. The Labute approximate surface area is 121 Å². The predicted octanol–water partition coefficient (Wildman–Crippen LogP) is 5.11. The van der Waals surface area contributed by atoms with Crippen molar-refractivity contribution in [2.45, 2.75) is 63.5 Å². The van der Waals surface area contributed by atoms with Crippen LogP contribution in [0.2, 0.25) is 10.6 Å². The normalized spacial score (nSPS) is 30.2. The minimum atomic E-state index is -0.155. The van der Waals surface area contributed by atoms with Gasteiger partial charge < -0.3 is 0 Å². The lowest BCUT2D eigenvalue weighted by Gasteiger charge is -2.34. The summed E-state index contributed by atoms with van der Waals surface area (Å²) in [5.41, 5.74) is 3.96. The number of rotatable bonds is 6. The van der Waals surface area contributed by atoms with Crippen LogP contribution in [0, 0.1) is 0 Å². The first-order valence-electron chi connectivity index (χ1n) is 7.87. The lowest BCUT2D eigenvalue weighted by atomic mass is 9.93. The molecule has 0 fully saturated rings. The molecule has 2 rings (SSSR count). The van der Waals surface area contributed by atoms with Crippen molar-refractivity contribution in [3.05, 3.63) is 47.6 Å². The molecule has 0 heterocycles. The van der Waals surface area contributed by atoms with Gasteiger partial charge in [-0.15, -0.1) is 0 Å². The second-order valence-electron chi connectivity index (χ2n) is 6.35. The molecule has 2 atom stereocenters. The van der Waals surface area contributed by atoms with Gasteiger partial charge in [-0.3, -0.25) is 0 Å². The average molecular weight is 273 g/mol. The molecule has 104 valence electrons. The zero-order chi connectivity index (χ0) is 13.7.